The third kappa shape index (κ3) is 3.75. The number of benzene rings is 2. The van der Waals surface area contributed by atoms with E-state index in [0.717, 1.165) is 33.7 Å². The van der Waals surface area contributed by atoms with E-state index >= 15 is 0 Å². The van der Waals surface area contributed by atoms with Gasteiger partial charge in [-0.3, -0.25) is 4.90 Å². The monoisotopic (exact) mass is 362 g/mol. The molecule has 0 unspecified atom stereocenters. The highest BCUT2D eigenvalue weighted by atomic mass is 16.5. The van der Waals surface area contributed by atoms with Crippen molar-refractivity contribution < 1.29 is 9.53 Å². The van der Waals surface area contributed by atoms with Crippen molar-refractivity contribution in [2.45, 2.75) is 20.4 Å². The van der Waals surface area contributed by atoms with Gasteiger partial charge in [0.25, 0.3) is 0 Å². The number of methoxy groups -OCH3 is 1. The summed E-state index contributed by atoms with van der Waals surface area (Å²) in [5.41, 5.74) is 5.22. The van der Waals surface area contributed by atoms with E-state index in [4.69, 9.17) is 4.74 Å². The van der Waals surface area contributed by atoms with E-state index < -0.39 is 0 Å². The smallest absolute Gasteiger partial charge is 0.324 e. The maximum absolute atomic E-state index is 12.9. The van der Waals surface area contributed by atoms with Crippen LogP contribution in [0.4, 0.5) is 10.5 Å². The summed E-state index contributed by atoms with van der Waals surface area (Å²) in [7, 11) is 1.67. The summed E-state index contributed by atoms with van der Waals surface area (Å²) in [5.74, 6) is 0.858. The zero-order valence-electron chi connectivity index (χ0n) is 16.2. The molecular weight excluding hydrogens is 336 g/mol. The largest absolute Gasteiger partial charge is 0.496 e. The molecule has 1 saturated heterocycles. The Hall–Kier alpha value is -3.01. The highest BCUT2D eigenvalue weighted by Crippen LogP contribution is 2.28. The molecule has 0 saturated carbocycles. The van der Waals surface area contributed by atoms with E-state index in [9.17, 15) is 4.79 Å². The van der Waals surface area contributed by atoms with Gasteiger partial charge in [-0.2, -0.15) is 0 Å². The van der Waals surface area contributed by atoms with Gasteiger partial charge < -0.3 is 9.64 Å². The van der Waals surface area contributed by atoms with Crippen LogP contribution in [0.3, 0.4) is 0 Å². The molecule has 0 aromatic heterocycles. The molecule has 27 heavy (non-hydrogen) atoms. The fraction of sp³-hybridized carbons (Fsp3) is 0.261. The number of rotatable bonds is 6. The van der Waals surface area contributed by atoms with Crippen molar-refractivity contribution in [2.75, 3.05) is 25.1 Å². The molecule has 4 nitrogen and oxygen atoms in total. The van der Waals surface area contributed by atoms with Gasteiger partial charge in [0.15, 0.2) is 0 Å². The third-order valence-corrected chi connectivity index (χ3v) is 5.00. The molecule has 0 N–H and O–H groups in total. The predicted octanol–water partition coefficient (Wildman–Crippen LogP) is 5.04. The molecule has 1 aliphatic heterocycles. The molecule has 140 valence electrons. The van der Waals surface area contributed by atoms with Crippen LogP contribution in [0.15, 0.2) is 61.2 Å². The molecule has 2 aromatic rings. The third-order valence-electron chi connectivity index (χ3n) is 5.00. The Kier molecular flexibility index (Phi) is 5.65. The number of amides is 2. The minimum atomic E-state index is 0.0290. The van der Waals surface area contributed by atoms with Crippen molar-refractivity contribution in [3.8, 4) is 5.75 Å². The number of urea groups is 1. The fourth-order valence-electron chi connectivity index (χ4n) is 3.54. The Morgan fingerprint density at radius 2 is 1.93 bits per heavy atom. The van der Waals surface area contributed by atoms with Gasteiger partial charge in [-0.25, -0.2) is 4.79 Å². The second-order valence-electron chi connectivity index (χ2n) is 6.62. The first kappa shape index (κ1) is 18.8. The second kappa shape index (κ2) is 8.12. The van der Waals surface area contributed by atoms with Gasteiger partial charge in [0.2, 0.25) is 0 Å². The van der Waals surface area contributed by atoms with Crippen LogP contribution in [0.5, 0.6) is 5.75 Å². The highest BCUT2D eigenvalue weighted by molar-refractivity contribution is 5.94. The molecule has 4 heteroatoms. The van der Waals surface area contributed by atoms with E-state index in [-0.39, 0.29) is 6.03 Å². The summed E-state index contributed by atoms with van der Waals surface area (Å²) in [5, 5.41) is 0. The maximum atomic E-state index is 12.9. The summed E-state index contributed by atoms with van der Waals surface area (Å²) < 4.78 is 5.52. The summed E-state index contributed by atoms with van der Waals surface area (Å²) in [6, 6.07) is 14.1. The Balaban J connectivity index is 1.75. The van der Waals surface area contributed by atoms with Crippen molar-refractivity contribution in [3.63, 3.8) is 0 Å². The van der Waals surface area contributed by atoms with E-state index in [0.29, 0.717) is 19.6 Å². The van der Waals surface area contributed by atoms with Crippen molar-refractivity contribution in [2.24, 2.45) is 0 Å². The molecule has 0 aliphatic carbocycles. The number of nitrogens with zero attached hydrogens (tertiary/aromatic N) is 2. The first-order valence-electron chi connectivity index (χ1n) is 9.17. The molecule has 1 fully saturated rings. The second-order valence-corrected chi connectivity index (χ2v) is 6.62. The summed E-state index contributed by atoms with van der Waals surface area (Å²) >= 11 is 0. The summed E-state index contributed by atoms with van der Waals surface area (Å²) in [4.78, 5) is 16.6. The lowest BCUT2D eigenvalue weighted by molar-refractivity contribution is 0.218. The van der Waals surface area contributed by atoms with Crippen LogP contribution in [0, 0.1) is 6.92 Å². The van der Waals surface area contributed by atoms with Crippen LogP contribution in [0.1, 0.15) is 23.6 Å². The maximum Gasteiger partial charge on any atom is 0.324 e. The Labute approximate surface area is 161 Å². The predicted molar refractivity (Wildman–Crippen MR) is 111 cm³/mol. The first-order chi connectivity index (χ1) is 13.1. The van der Waals surface area contributed by atoms with Crippen LogP contribution in [0.2, 0.25) is 0 Å². The van der Waals surface area contributed by atoms with Gasteiger partial charge >= 0.3 is 6.03 Å². The number of hydrogen-bond acceptors (Lipinski definition) is 2. The lowest BCUT2D eigenvalue weighted by Crippen LogP contribution is -2.31. The van der Waals surface area contributed by atoms with E-state index in [1.807, 2.05) is 78.3 Å². The molecule has 3 rings (SSSR count). The van der Waals surface area contributed by atoms with E-state index in [2.05, 4.69) is 6.58 Å². The SMILES string of the molecule is C=C/C(=C\C)c1ccc(N2CCN(Cc3cccc(C)c3OC)C2=O)cc1. The molecule has 2 aromatic carbocycles. The summed E-state index contributed by atoms with van der Waals surface area (Å²) in [6.45, 7) is 9.79. The lowest BCUT2D eigenvalue weighted by Gasteiger charge is -2.20. The summed E-state index contributed by atoms with van der Waals surface area (Å²) in [6.07, 6.45) is 3.87. The highest BCUT2D eigenvalue weighted by Gasteiger charge is 2.30. The molecule has 0 bridgehead atoms. The molecular formula is C23H26N2O2. The van der Waals surface area contributed by atoms with Crippen molar-refractivity contribution in [1.82, 2.24) is 4.90 Å². The fourth-order valence-corrected chi connectivity index (χ4v) is 3.54. The lowest BCUT2D eigenvalue weighted by atomic mass is 10.1. The van der Waals surface area contributed by atoms with E-state index in [1.54, 1.807) is 7.11 Å². The molecule has 0 atom stereocenters. The Bertz CT molecular complexity index is 868. The zero-order chi connectivity index (χ0) is 19.4. The minimum Gasteiger partial charge on any atom is -0.496 e. The van der Waals surface area contributed by atoms with Crippen molar-refractivity contribution >= 4 is 17.3 Å². The van der Waals surface area contributed by atoms with Crippen LogP contribution in [0.25, 0.3) is 5.57 Å². The van der Waals surface area contributed by atoms with Crippen LogP contribution >= 0.6 is 0 Å². The first-order valence-corrected chi connectivity index (χ1v) is 9.17. The number of para-hydroxylation sites is 1. The molecule has 1 aliphatic rings. The number of anilines is 1. The van der Waals surface area contributed by atoms with Crippen LogP contribution < -0.4 is 9.64 Å². The van der Waals surface area contributed by atoms with Crippen molar-refractivity contribution in [3.05, 3.63) is 77.9 Å². The van der Waals surface area contributed by atoms with Gasteiger partial charge in [-0.15, -0.1) is 0 Å². The van der Waals surface area contributed by atoms with Crippen molar-refractivity contribution in [1.29, 1.82) is 0 Å². The molecule has 2 amide bonds. The number of ether oxygens (including phenoxy) is 1. The van der Waals surface area contributed by atoms with Crippen LogP contribution in [-0.2, 0) is 6.54 Å². The average Bonchev–Trinajstić information content (AvgIpc) is 3.04. The number of allylic oxidation sites excluding steroid dienone is 3. The van der Waals surface area contributed by atoms with Crippen LogP contribution in [-0.4, -0.2) is 31.1 Å². The van der Waals surface area contributed by atoms with Gasteiger partial charge in [-0.05, 0) is 42.7 Å². The molecule has 0 spiro atoms. The number of carbonyl (C=O) groups is 1. The molecule has 0 radical (unpaired) electrons. The minimum absolute atomic E-state index is 0.0290. The Morgan fingerprint density at radius 1 is 1.19 bits per heavy atom. The van der Waals surface area contributed by atoms with E-state index in [1.165, 1.54) is 0 Å². The zero-order valence-corrected chi connectivity index (χ0v) is 16.2. The number of carbonyl (C=O) groups excluding carboxylic acids is 1. The van der Waals surface area contributed by atoms with Gasteiger partial charge in [0, 0.05) is 24.3 Å². The number of hydrogen-bond donors (Lipinski definition) is 0. The number of aryl methyl sites for hydroxylation is 1. The van der Waals surface area contributed by atoms with Gasteiger partial charge in [0.1, 0.15) is 5.75 Å². The average molecular weight is 362 g/mol. The quantitative estimate of drug-likeness (QED) is 0.675. The Morgan fingerprint density at radius 3 is 2.56 bits per heavy atom. The van der Waals surface area contributed by atoms with Gasteiger partial charge in [-0.1, -0.05) is 49.1 Å². The molecule has 1 heterocycles. The van der Waals surface area contributed by atoms with Gasteiger partial charge in [0.05, 0.1) is 13.7 Å². The standard InChI is InChI=1S/C23H26N2O2/c1-5-18(6-2)19-10-12-21(13-11-19)25-15-14-24(23(25)26)16-20-9-7-8-17(3)22(20)27-4/h5-13H,1,14-16H2,2-4H3/b18-6+. The normalized spacial score (nSPS) is 14.6. The topological polar surface area (TPSA) is 32.8 Å².